The number of nitrogens with two attached hydrogens (primary N) is 1. The Morgan fingerprint density at radius 1 is 1.36 bits per heavy atom. The summed E-state index contributed by atoms with van der Waals surface area (Å²) in [5.41, 5.74) is 8.82. The largest absolute Gasteiger partial charge is 0.495 e. The van der Waals surface area contributed by atoms with Crippen LogP contribution in [0.1, 0.15) is 24.8 Å². The second-order valence-corrected chi connectivity index (χ2v) is 8.74. The minimum atomic E-state index is -3.38. The molecule has 0 saturated carbocycles. The van der Waals surface area contributed by atoms with Crippen LogP contribution in [-0.2, 0) is 9.05 Å². The summed E-state index contributed by atoms with van der Waals surface area (Å²) in [6.07, 6.45) is 2.58. The molecule has 22 heavy (non-hydrogen) atoms. The van der Waals surface area contributed by atoms with Crippen LogP contribution in [0.5, 0.6) is 5.75 Å². The lowest BCUT2D eigenvalue weighted by Gasteiger charge is -2.34. The molecular weight excluding hydrogens is 324 g/mol. The summed E-state index contributed by atoms with van der Waals surface area (Å²) in [7, 11) is 3.52. The van der Waals surface area contributed by atoms with Gasteiger partial charge in [0.05, 0.1) is 18.6 Å². The van der Waals surface area contributed by atoms with Crippen molar-refractivity contribution in [2.75, 3.05) is 36.6 Å². The van der Waals surface area contributed by atoms with Gasteiger partial charge in [0.1, 0.15) is 5.75 Å². The first-order valence-corrected chi connectivity index (χ1v) is 9.89. The van der Waals surface area contributed by atoms with Gasteiger partial charge < -0.3 is 15.4 Å². The van der Waals surface area contributed by atoms with Gasteiger partial charge in [0, 0.05) is 35.5 Å². The smallest absolute Gasteiger partial charge is 0.232 e. The Hall–Kier alpha value is -1.14. The number of rotatable bonds is 5. The van der Waals surface area contributed by atoms with Crippen molar-refractivity contribution in [3.8, 4) is 5.75 Å². The van der Waals surface area contributed by atoms with Crippen molar-refractivity contribution < 1.29 is 13.2 Å². The predicted molar refractivity (Wildman–Crippen MR) is 91.3 cm³/mol. The van der Waals surface area contributed by atoms with E-state index in [0.29, 0.717) is 23.8 Å². The Kier molecular flexibility index (Phi) is 5.45. The number of methoxy groups -OCH3 is 1. The van der Waals surface area contributed by atoms with Crippen LogP contribution in [0, 0.1) is 12.8 Å². The van der Waals surface area contributed by atoms with Crippen LogP contribution in [0.4, 0.5) is 11.4 Å². The number of anilines is 2. The lowest BCUT2D eigenvalue weighted by atomic mass is 9.93. The van der Waals surface area contributed by atoms with Gasteiger partial charge in [-0.1, -0.05) is 0 Å². The summed E-state index contributed by atoms with van der Waals surface area (Å²) < 4.78 is 27.4. The number of halogens is 1. The fraction of sp³-hybridized carbons (Fsp3) is 0.600. The molecule has 1 saturated heterocycles. The van der Waals surface area contributed by atoms with Crippen LogP contribution < -0.4 is 15.4 Å². The monoisotopic (exact) mass is 346 g/mol. The molecule has 0 aliphatic carbocycles. The number of nitrogen functional groups attached to an aromatic ring is 1. The van der Waals surface area contributed by atoms with Gasteiger partial charge in [0.25, 0.3) is 0 Å². The number of nitrogens with zero attached hydrogens (tertiary/aromatic N) is 1. The van der Waals surface area contributed by atoms with Crippen molar-refractivity contribution >= 4 is 31.1 Å². The molecule has 0 bridgehead atoms. The normalized spacial score (nSPS) is 16.8. The standard InChI is InChI=1S/C15H23ClN2O3S/c1-11-9-13(17)15(21-2)10-14(11)18-6-3-12(4-7-18)5-8-22(16,19)20/h9-10,12H,3-8,17H2,1-2H3. The highest BCUT2D eigenvalue weighted by Crippen LogP contribution is 2.34. The first-order chi connectivity index (χ1) is 10.3. The third kappa shape index (κ3) is 4.43. The van der Waals surface area contributed by atoms with Crippen LogP contribution in [0.25, 0.3) is 0 Å². The Balaban J connectivity index is 2.00. The highest BCUT2D eigenvalue weighted by atomic mass is 35.7. The molecule has 2 rings (SSSR count). The van der Waals surface area contributed by atoms with E-state index in [4.69, 9.17) is 21.2 Å². The van der Waals surface area contributed by atoms with E-state index in [-0.39, 0.29) is 5.75 Å². The minimum absolute atomic E-state index is 0.0634. The van der Waals surface area contributed by atoms with Crippen LogP contribution in [0.3, 0.4) is 0 Å². The summed E-state index contributed by atoms with van der Waals surface area (Å²) in [6.45, 7) is 3.85. The Morgan fingerprint density at radius 3 is 2.55 bits per heavy atom. The van der Waals surface area contributed by atoms with Gasteiger partial charge in [-0.05, 0) is 43.7 Å². The third-order valence-electron chi connectivity index (χ3n) is 4.27. The predicted octanol–water partition coefficient (Wildman–Crippen LogP) is 2.76. The third-order valence-corrected chi connectivity index (χ3v) is 5.46. The zero-order valence-corrected chi connectivity index (χ0v) is 14.6. The zero-order valence-electron chi connectivity index (χ0n) is 13.0. The highest BCUT2D eigenvalue weighted by Gasteiger charge is 2.22. The number of ether oxygens (including phenoxy) is 1. The van der Waals surface area contributed by atoms with Crippen LogP contribution in [0.15, 0.2) is 12.1 Å². The summed E-state index contributed by atoms with van der Waals surface area (Å²) in [5.74, 6) is 1.17. The summed E-state index contributed by atoms with van der Waals surface area (Å²) >= 11 is 0. The van der Waals surface area contributed by atoms with Gasteiger partial charge in [-0.3, -0.25) is 0 Å². The number of hydrogen-bond donors (Lipinski definition) is 1. The molecule has 0 amide bonds. The van der Waals surface area contributed by atoms with Crippen LogP contribution in [0.2, 0.25) is 0 Å². The summed E-state index contributed by atoms with van der Waals surface area (Å²) in [6, 6.07) is 3.91. The first kappa shape index (κ1) is 17.2. The average molecular weight is 347 g/mol. The lowest BCUT2D eigenvalue weighted by Crippen LogP contribution is -2.34. The molecule has 2 N–H and O–H groups in total. The van der Waals surface area contributed by atoms with Crippen molar-refractivity contribution in [1.29, 1.82) is 0 Å². The van der Waals surface area contributed by atoms with Crippen molar-refractivity contribution in [1.82, 2.24) is 0 Å². The van der Waals surface area contributed by atoms with Crippen molar-refractivity contribution in [2.24, 2.45) is 5.92 Å². The lowest BCUT2D eigenvalue weighted by molar-refractivity contribution is 0.393. The van der Waals surface area contributed by atoms with Crippen LogP contribution >= 0.6 is 10.7 Å². The van der Waals surface area contributed by atoms with Gasteiger partial charge in [-0.2, -0.15) is 0 Å². The van der Waals surface area contributed by atoms with E-state index in [0.717, 1.165) is 37.2 Å². The average Bonchev–Trinajstić information content (AvgIpc) is 2.45. The van der Waals surface area contributed by atoms with Gasteiger partial charge in [-0.25, -0.2) is 8.42 Å². The molecule has 0 spiro atoms. The molecule has 1 fully saturated rings. The van der Waals surface area contributed by atoms with E-state index < -0.39 is 9.05 Å². The maximum Gasteiger partial charge on any atom is 0.232 e. The van der Waals surface area contributed by atoms with Crippen LogP contribution in [-0.4, -0.2) is 34.4 Å². The Labute approximate surface area is 136 Å². The highest BCUT2D eigenvalue weighted by molar-refractivity contribution is 8.13. The molecule has 1 heterocycles. The topological polar surface area (TPSA) is 72.6 Å². The quantitative estimate of drug-likeness (QED) is 0.655. The number of aryl methyl sites for hydroxylation is 1. The molecule has 0 radical (unpaired) electrons. The van der Waals surface area contributed by atoms with E-state index in [1.165, 1.54) is 0 Å². The van der Waals surface area contributed by atoms with Crippen molar-refractivity contribution in [3.63, 3.8) is 0 Å². The molecule has 1 aliphatic rings. The zero-order chi connectivity index (χ0) is 16.3. The van der Waals surface area contributed by atoms with Gasteiger partial charge in [0.15, 0.2) is 0 Å². The van der Waals surface area contributed by atoms with Crippen molar-refractivity contribution in [3.05, 3.63) is 17.7 Å². The molecule has 1 aromatic carbocycles. The second-order valence-electron chi connectivity index (χ2n) is 5.84. The molecule has 0 atom stereocenters. The molecule has 0 aromatic heterocycles. The maximum atomic E-state index is 11.0. The minimum Gasteiger partial charge on any atom is -0.495 e. The van der Waals surface area contributed by atoms with Crippen molar-refractivity contribution in [2.45, 2.75) is 26.2 Å². The summed E-state index contributed by atoms with van der Waals surface area (Å²) in [5, 5.41) is 0. The fourth-order valence-electron chi connectivity index (χ4n) is 2.99. The Morgan fingerprint density at radius 2 is 2.00 bits per heavy atom. The maximum absolute atomic E-state index is 11.0. The van der Waals surface area contributed by atoms with E-state index >= 15 is 0 Å². The molecule has 1 aliphatic heterocycles. The van der Waals surface area contributed by atoms with Gasteiger partial charge in [0.2, 0.25) is 9.05 Å². The summed E-state index contributed by atoms with van der Waals surface area (Å²) in [4.78, 5) is 2.31. The number of benzene rings is 1. The number of piperidine rings is 1. The van der Waals surface area contributed by atoms with Gasteiger partial charge in [-0.15, -0.1) is 0 Å². The van der Waals surface area contributed by atoms with E-state index in [1.54, 1.807) is 7.11 Å². The number of hydrogen-bond acceptors (Lipinski definition) is 5. The molecule has 5 nitrogen and oxygen atoms in total. The van der Waals surface area contributed by atoms with E-state index in [9.17, 15) is 8.42 Å². The molecule has 1 aromatic rings. The SMILES string of the molecule is COc1cc(N2CCC(CCS(=O)(=O)Cl)CC2)c(C)cc1N. The molecule has 7 heteroatoms. The second kappa shape index (κ2) is 6.96. The first-order valence-electron chi connectivity index (χ1n) is 7.41. The molecule has 124 valence electrons. The Bertz CT molecular complexity index is 626. The fourth-order valence-corrected chi connectivity index (χ4v) is 3.87. The molecular formula is C15H23ClN2O3S. The van der Waals surface area contributed by atoms with E-state index in [2.05, 4.69) is 4.90 Å². The van der Waals surface area contributed by atoms with Gasteiger partial charge >= 0.3 is 0 Å². The molecule has 0 unspecified atom stereocenters. The van der Waals surface area contributed by atoms with E-state index in [1.807, 2.05) is 19.1 Å².